The molecule has 0 bridgehead atoms. The molecule has 0 radical (unpaired) electrons. The Balaban J connectivity index is 0.00000676. The van der Waals surface area contributed by atoms with Gasteiger partial charge in [-0.2, -0.15) is 0 Å². The van der Waals surface area contributed by atoms with E-state index in [4.69, 9.17) is 4.99 Å². The Bertz CT molecular complexity index is 432. The fraction of sp³-hybridized carbons (Fsp3) is 0.900. The Labute approximate surface area is 183 Å². The van der Waals surface area contributed by atoms with Gasteiger partial charge >= 0.3 is 0 Å². The highest BCUT2D eigenvalue weighted by Gasteiger charge is 2.41. The van der Waals surface area contributed by atoms with E-state index in [0.29, 0.717) is 6.54 Å². The molecule has 2 N–H and O–H groups in total. The van der Waals surface area contributed by atoms with Crippen molar-refractivity contribution in [1.82, 2.24) is 20.4 Å². The van der Waals surface area contributed by atoms with Crippen LogP contribution in [0.25, 0.3) is 0 Å². The fourth-order valence-corrected chi connectivity index (χ4v) is 3.74. The van der Waals surface area contributed by atoms with Gasteiger partial charge in [-0.25, -0.2) is 0 Å². The van der Waals surface area contributed by atoms with E-state index >= 15 is 0 Å². The van der Waals surface area contributed by atoms with Crippen LogP contribution in [0.1, 0.15) is 59.3 Å². The first-order valence-corrected chi connectivity index (χ1v) is 10.4. The van der Waals surface area contributed by atoms with Gasteiger partial charge in [-0.3, -0.25) is 9.79 Å². The molecule has 0 unspecified atom stereocenters. The Hall–Kier alpha value is -0.570. The second-order valence-electron chi connectivity index (χ2n) is 7.54. The number of nitrogens with one attached hydrogen (secondary N) is 2. The summed E-state index contributed by atoms with van der Waals surface area (Å²) in [7, 11) is 3.71. The Kier molecular flexibility index (Phi) is 14.1. The summed E-state index contributed by atoms with van der Waals surface area (Å²) in [4.78, 5) is 21.6. The maximum Gasteiger partial charge on any atom is 0.230 e. The molecule has 1 amide bonds. The largest absolute Gasteiger partial charge is 0.357 e. The van der Waals surface area contributed by atoms with E-state index in [1.807, 2.05) is 14.1 Å². The van der Waals surface area contributed by atoms with Crippen LogP contribution in [0.3, 0.4) is 0 Å². The molecule has 1 rings (SSSR count). The molecule has 1 aliphatic rings. The van der Waals surface area contributed by atoms with E-state index in [2.05, 4.69) is 36.3 Å². The SMILES string of the molecule is CCNC(=NCC1(C(=O)N(C)C)CCCC1)NCCCCN(CC)CC.I. The van der Waals surface area contributed by atoms with Gasteiger partial charge in [0.2, 0.25) is 5.91 Å². The number of unbranched alkanes of at least 4 members (excludes halogenated alkanes) is 1. The lowest BCUT2D eigenvalue weighted by atomic mass is 9.85. The minimum Gasteiger partial charge on any atom is -0.357 e. The van der Waals surface area contributed by atoms with Crippen LogP contribution in [-0.4, -0.2) is 75.0 Å². The number of carbonyl (C=O) groups excluding carboxylic acids is 1. The molecule has 1 saturated carbocycles. The third kappa shape index (κ3) is 8.98. The average molecular weight is 495 g/mol. The number of amides is 1. The van der Waals surface area contributed by atoms with E-state index < -0.39 is 0 Å². The molecule has 27 heavy (non-hydrogen) atoms. The van der Waals surface area contributed by atoms with Crippen molar-refractivity contribution in [3.05, 3.63) is 0 Å². The lowest BCUT2D eigenvalue weighted by Gasteiger charge is -2.29. The summed E-state index contributed by atoms with van der Waals surface area (Å²) in [6, 6.07) is 0. The van der Waals surface area contributed by atoms with Crippen LogP contribution in [0.2, 0.25) is 0 Å². The molecule has 0 aromatic heterocycles. The minimum absolute atomic E-state index is 0. The van der Waals surface area contributed by atoms with Crippen LogP contribution in [-0.2, 0) is 4.79 Å². The van der Waals surface area contributed by atoms with Crippen molar-refractivity contribution >= 4 is 35.8 Å². The maximum absolute atomic E-state index is 12.7. The van der Waals surface area contributed by atoms with Crippen LogP contribution in [0.4, 0.5) is 0 Å². The zero-order chi connectivity index (χ0) is 19.4. The van der Waals surface area contributed by atoms with Crippen molar-refractivity contribution in [2.45, 2.75) is 59.3 Å². The molecule has 0 aromatic rings. The molecule has 1 aliphatic carbocycles. The number of hydrogen-bond donors (Lipinski definition) is 2. The third-order valence-electron chi connectivity index (χ3n) is 5.39. The van der Waals surface area contributed by atoms with Crippen molar-refractivity contribution in [3.8, 4) is 0 Å². The summed E-state index contributed by atoms with van der Waals surface area (Å²) in [5.41, 5.74) is -0.297. The molecule has 0 atom stereocenters. The number of rotatable bonds is 11. The van der Waals surface area contributed by atoms with Crippen molar-refractivity contribution in [1.29, 1.82) is 0 Å². The zero-order valence-corrected chi connectivity index (χ0v) is 20.5. The van der Waals surface area contributed by atoms with Gasteiger partial charge in [0.15, 0.2) is 5.96 Å². The minimum atomic E-state index is -0.297. The number of aliphatic imine (C=N–C) groups is 1. The monoisotopic (exact) mass is 495 g/mol. The first kappa shape index (κ1) is 26.4. The molecular weight excluding hydrogens is 453 g/mol. The molecule has 0 heterocycles. The summed E-state index contributed by atoms with van der Waals surface area (Å²) in [5, 5.41) is 6.75. The standard InChI is InChI=1S/C20H41N5O.HI/c1-6-21-19(22-15-11-12-16-25(7-2)8-3)23-17-20(13-9-10-14-20)18(26)24(4)5;/h6-17H2,1-5H3,(H2,21,22,23);1H. The van der Waals surface area contributed by atoms with Gasteiger partial charge < -0.3 is 20.4 Å². The smallest absolute Gasteiger partial charge is 0.230 e. The predicted octanol–water partition coefficient (Wildman–Crippen LogP) is 2.93. The number of nitrogens with zero attached hydrogens (tertiary/aromatic N) is 3. The van der Waals surface area contributed by atoms with E-state index in [0.717, 1.165) is 70.8 Å². The molecule has 7 heteroatoms. The molecule has 0 aliphatic heterocycles. The summed E-state index contributed by atoms with van der Waals surface area (Å²) in [6.07, 6.45) is 6.49. The maximum atomic E-state index is 12.7. The first-order chi connectivity index (χ1) is 12.5. The summed E-state index contributed by atoms with van der Waals surface area (Å²) < 4.78 is 0. The van der Waals surface area contributed by atoms with Crippen LogP contribution >= 0.6 is 24.0 Å². The molecule has 0 saturated heterocycles. The summed E-state index contributed by atoms with van der Waals surface area (Å²) in [6.45, 7) is 12.2. The van der Waals surface area contributed by atoms with Crippen molar-refractivity contribution in [2.24, 2.45) is 10.4 Å². The van der Waals surface area contributed by atoms with E-state index in [1.54, 1.807) is 4.90 Å². The van der Waals surface area contributed by atoms with Crippen LogP contribution in [0, 0.1) is 5.41 Å². The number of carbonyl (C=O) groups is 1. The normalized spacial score (nSPS) is 16.1. The molecule has 6 nitrogen and oxygen atoms in total. The molecule has 0 aromatic carbocycles. The molecule has 0 spiro atoms. The van der Waals surface area contributed by atoms with Gasteiger partial charge in [0.1, 0.15) is 0 Å². The molecule has 1 fully saturated rings. The zero-order valence-electron chi connectivity index (χ0n) is 18.1. The highest BCUT2D eigenvalue weighted by atomic mass is 127. The van der Waals surface area contributed by atoms with E-state index in [1.165, 1.54) is 6.42 Å². The summed E-state index contributed by atoms with van der Waals surface area (Å²) in [5.74, 6) is 1.07. The number of guanidine groups is 1. The lowest BCUT2D eigenvalue weighted by molar-refractivity contribution is -0.138. The fourth-order valence-electron chi connectivity index (χ4n) is 3.74. The Morgan fingerprint density at radius 1 is 1.04 bits per heavy atom. The van der Waals surface area contributed by atoms with Gasteiger partial charge in [-0.15, -0.1) is 24.0 Å². The quantitative estimate of drug-likeness (QED) is 0.200. The molecular formula is C20H42IN5O. The second-order valence-corrected chi connectivity index (χ2v) is 7.54. The van der Waals surface area contributed by atoms with Crippen LogP contribution < -0.4 is 10.6 Å². The first-order valence-electron chi connectivity index (χ1n) is 10.4. The second kappa shape index (κ2) is 14.4. The Morgan fingerprint density at radius 3 is 2.19 bits per heavy atom. The van der Waals surface area contributed by atoms with Gasteiger partial charge in [0.05, 0.1) is 12.0 Å². The molecule has 160 valence electrons. The number of halogens is 1. The van der Waals surface area contributed by atoms with Crippen molar-refractivity contribution in [2.75, 3.05) is 53.4 Å². The highest BCUT2D eigenvalue weighted by Crippen LogP contribution is 2.39. The van der Waals surface area contributed by atoms with Gasteiger partial charge in [0, 0.05) is 27.2 Å². The summed E-state index contributed by atoms with van der Waals surface area (Å²) >= 11 is 0. The van der Waals surface area contributed by atoms with Crippen LogP contribution in [0.5, 0.6) is 0 Å². The van der Waals surface area contributed by atoms with Crippen molar-refractivity contribution in [3.63, 3.8) is 0 Å². The topological polar surface area (TPSA) is 60.0 Å². The van der Waals surface area contributed by atoms with Crippen molar-refractivity contribution < 1.29 is 4.79 Å². The average Bonchev–Trinajstić information content (AvgIpc) is 3.12. The highest BCUT2D eigenvalue weighted by molar-refractivity contribution is 14.0. The third-order valence-corrected chi connectivity index (χ3v) is 5.39. The van der Waals surface area contributed by atoms with E-state index in [9.17, 15) is 4.79 Å². The Morgan fingerprint density at radius 2 is 1.67 bits per heavy atom. The lowest BCUT2D eigenvalue weighted by Crippen LogP contribution is -2.43. The van der Waals surface area contributed by atoms with Gasteiger partial charge in [-0.1, -0.05) is 26.7 Å². The van der Waals surface area contributed by atoms with Gasteiger partial charge in [0.25, 0.3) is 0 Å². The van der Waals surface area contributed by atoms with E-state index in [-0.39, 0.29) is 35.3 Å². The van der Waals surface area contributed by atoms with Gasteiger partial charge in [-0.05, 0) is 52.2 Å². The number of hydrogen-bond acceptors (Lipinski definition) is 3. The van der Waals surface area contributed by atoms with Crippen LogP contribution in [0.15, 0.2) is 4.99 Å². The predicted molar refractivity (Wildman–Crippen MR) is 126 cm³/mol.